The number of para-hydroxylation sites is 2. The van der Waals surface area contributed by atoms with Gasteiger partial charge in [0.15, 0.2) is 0 Å². The van der Waals surface area contributed by atoms with Gasteiger partial charge < -0.3 is 10.3 Å². The van der Waals surface area contributed by atoms with E-state index < -0.39 is 22.0 Å². The molecule has 0 fully saturated rings. The first kappa shape index (κ1) is 22.2. The second-order valence-electron chi connectivity index (χ2n) is 7.08. The van der Waals surface area contributed by atoms with Crippen molar-refractivity contribution in [3.8, 4) is 0 Å². The first-order valence-electron chi connectivity index (χ1n) is 9.23. The largest absolute Gasteiger partial charge is 0.342 e. The molecule has 0 aliphatic heterocycles. The van der Waals surface area contributed by atoms with E-state index in [0.29, 0.717) is 10.3 Å². The summed E-state index contributed by atoms with van der Waals surface area (Å²) in [6, 6.07) is 11.3. The molecule has 0 bridgehead atoms. The predicted molar refractivity (Wildman–Crippen MR) is 115 cm³/mol. The van der Waals surface area contributed by atoms with Gasteiger partial charge in [0.1, 0.15) is 10.7 Å². The van der Waals surface area contributed by atoms with Gasteiger partial charge in [0, 0.05) is 12.6 Å². The van der Waals surface area contributed by atoms with E-state index >= 15 is 0 Å². The van der Waals surface area contributed by atoms with Gasteiger partial charge >= 0.3 is 0 Å². The van der Waals surface area contributed by atoms with Crippen molar-refractivity contribution >= 4 is 38.6 Å². The average Bonchev–Trinajstić information content (AvgIpc) is 3.14. The average molecular weight is 451 g/mol. The number of carbonyl (C=O) groups excluding carboxylic acids is 1. The highest BCUT2D eigenvalue weighted by Gasteiger charge is 2.27. The number of amides is 1. The first-order chi connectivity index (χ1) is 14.1. The summed E-state index contributed by atoms with van der Waals surface area (Å²) in [6.07, 6.45) is 0. The minimum Gasteiger partial charge on any atom is -0.342 e. The van der Waals surface area contributed by atoms with E-state index in [2.05, 4.69) is 15.3 Å². The number of carbonyl (C=O) groups is 1. The summed E-state index contributed by atoms with van der Waals surface area (Å²) in [7, 11) is -1.54. The zero-order chi connectivity index (χ0) is 22.1. The van der Waals surface area contributed by atoms with Gasteiger partial charge in [-0.05, 0) is 36.2 Å². The summed E-state index contributed by atoms with van der Waals surface area (Å²) in [5.74, 6) is 0.215. The van der Waals surface area contributed by atoms with Crippen LogP contribution in [0.4, 0.5) is 0 Å². The van der Waals surface area contributed by atoms with E-state index in [0.717, 1.165) is 11.0 Å². The number of H-pyrrole nitrogens is 1. The monoisotopic (exact) mass is 450 g/mol. The molecule has 2 N–H and O–H groups in total. The number of hydrogen-bond donors (Lipinski definition) is 2. The molecule has 0 saturated carbocycles. The zero-order valence-corrected chi connectivity index (χ0v) is 18.6. The number of nitrogens with zero attached hydrogens (tertiary/aromatic N) is 2. The van der Waals surface area contributed by atoms with Gasteiger partial charge in [-0.15, -0.1) is 0 Å². The molecular formula is C20H23ClN4O4S. The molecule has 0 spiro atoms. The van der Waals surface area contributed by atoms with Crippen LogP contribution in [0.2, 0.25) is 5.02 Å². The summed E-state index contributed by atoms with van der Waals surface area (Å²) >= 11 is 6.08. The van der Waals surface area contributed by atoms with Crippen LogP contribution in [0.25, 0.3) is 11.0 Å². The van der Waals surface area contributed by atoms with Crippen LogP contribution in [-0.4, -0.2) is 42.9 Å². The maximum absolute atomic E-state index is 12.9. The molecule has 0 saturated heterocycles. The molecular weight excluding hydrogens is 428 g/mol. The number of hydrogen-bond acceptors (Lipinski definition) is 5. The maximum Gasteiger partial charge on any atom is 0.266 e. The molecule has 1 unspecified atom stereocenters. The summed E-state index contributed by atoms with van der Waals surface area (Å²) in [5, 5.41) is 2.93. The molecule has 2 aromatic carbocycles. The van der Waals surface area contributed by atoms with E-state index in [1.165, 1.54) is 32.4 Å². The number of aromatic nitrogens is 2. The zero-order valence-electron chi connectivity index (χ0n) is 17.0. The number of nitrogens with one attached hydrogen (secondary N) is 2. The van der Waals surface area contributed by atoms with Crippen LogP contribution in [0.15, 0.2) is 47.4 Å². The predicted octanol–water partition coefficient (Wildman–Crippen LogP) is 3.53. The third kappa shape index (κ3) is 4.34. The molecule has 10 heteroatoms. The molecule has 3 aromatic rings. The number of halogens is 1. The Hall–Kier alpha value is -2.46. The van der Waals surface area contributed by atoms with Gasteiger partial charge in [0.2, 0.25) is 0 Å². The van der Waals surface area contributed by atoms with Gasteiger partial charge in [-0.2, -0.15) is 0 Å². The molecule has 1 amide bonds. The molecule has 1 heterocycles. The quantitative estimate of drug-likeness (QED) is 0.536. The van der Waals surface area contributed by atoms with Gasteiger partial charge in [-0.3, -0.25) is 9.63 Å². The Balaban J connectivity index is 1.92. The molecule has 1 atom stereocenters. The van der Waals surface area contributed by atoms with E-state index in [4.69, 9.17) is 16.4 Å². The Morgan fingerprint density at radius 1 is 1.23 bits per heavy atom. The van der Waals surface area contributed by atoms with Gasteiger partial charge in [-0.1, -0.05) is 42.0 Å². The summed E-state index contributed by atoms with van der Waals surface area (Å²) in [6.45, 7) is 3.92. The highest BCUT2D eigenvalue weighted by Crippen LogP contribution is 2.27. The highest BCUT2D eigenvalue weighted by molar-refractivity contribution is 7.89. The van der Waals surface area contributed by atoms with Gasteiger partial charge in [0.05, 0.1) is 29.2 Å². The second-order valence-corrected chi connectivity index (χ2v) is 9.39. The Morgan fingerprint density at radius 2 is 1.93 bits per heavy atom. The Labute approximate surface area is 180 Å². The summed E-state index contributed by atoms with van der Waals surface area (Å²) < 4.78 is 25.8. The number of aromatic amines is 1. The Morgan fingerprint density at radius 3 is 2.57 bits per heavy atom. The van der Waals surface area contributed by atoms with E-state index in [9.17, 15) is 13.2 Å². The SMILES string of the molecule is CON(C)S(=O)(=O)c1cc(C(=O)NC(c2nc3ccccc3[nH]2)C(C)C)ccc1Cl. The van der Waals surface area contributed by atoms with Crippen molar-refractivity contribution in [2.45, 2.75) is 24.8 Å². The lowest BCUT2D eigenvalue weighted by molar-refractivity contribution is -0.0258. The number of benzene rings is 2. The van der Waals surface area contributed by atoms with Crippen molar-refractivity contribution in [3.05, 3.63) is 58.9 Å². The third-order valence-corrected chi connectivity index (χ3v) is 6.88. The molecule has 0 aliphatic carbocycles. The van der Waals surface area contributed by atoms with E-state index in [1.807, 2.05) is 38.1 Å². The maximum atomic E-state index is 12.9. The second kappa shape index (κ2) is 8.73. The van der Waals surface area contributed by atoms with Crippen LogP contribution in [-0.2, 0) is 14.9 Å². The van der Waals surface area contributed by atoms with Crippen molar-refractivity contribution in [1.82, 2.24) is 19.8 Å². The number of rotatable bonds is 7. The lowest BCUT2D eigenvalue weighted by Crippen LogP contribution is -2.33. The summed E-state index contributed by atoms with van der Waals surface area (Å²) in [5.41, 5.74) is 1.83. The highest BCUT2D eigenvalue weighted by atomic mass is 35.5. The molecule has 3 rings (SSSR count). The summed E-state index contributed by atoms with van der Waals surface area (Å²) in [4.78, 5) is 25.3. The topological polar surface area (TPSA) is 104 Å². The lowest BCUT2D eigenvalue weighted by Gasteiger charge is -2.21. The smallest absolute Gasteiger partial charge is 0.266 e. The van der Waals surface area contributed by atoms with Crippen molar-refractivity contribution in [1.29, 1.82) is 0 Å². The van der Waals surface area contributed by atoms with Crippen molar-refractivity contribution in [3.63, 3.8) is 0 Å². The van der Waals surface area contributed by atoms with Crippen LogP contribution in [0, 0.1) is 5.92 Å². The Kier molecular flexibility index (Phi) is 6.47. The molecule has 8 nitrogen and oxygen atoms in total. The molecule has 0 aliphatic rings. The third-order valence-electron chi connectivity index (χ3n) is 4.72. The van der Waals surface area contributed by atoms with Crippen molar-refractivity contribution in [2.75, 3.05) is 14.2 Å². The number of imidazole rings is 1. The van der Waals surface area contributed by atoms with E-state index in [-0.39, 0.29) is 21.4 Å². The van der Waals surface area contributed by atoms with E-state index in [1.54, 1.807) is 0 Å². The minimum absolute atomic E-state index is 0.00635. The van der Waals surface area contributed by atoms with Crippen molar-refractivity contribution in [2.24, 2.45) is 5.92 Å². The van der Waals surface area contributed by atoms with Crippen LogP contribution in [0.5, 0.6) is 0 Å². The standard InChI is InChI=1S/C20H23ClN4O4S/c1-12(2)18(19-22-15-7-5-6-8-16(15)23-19)24-20(26)13-9-10-14(21)17(11-13)30(27,28)25(3)29-4/h5-12,18H,1-4H3,(H,22,23)(H,24,26). The fraction of sp³-hybridized carbons (Fsp3) is 0.300. The van der Waals surface area contributed by atoms with Crippen molar-refractivity contribution < 1.29 is 18.0 Å². The van der Waals surface area contributed by atoms with Crippen LogP contribution < -0.4 is 5.32 Å². The minimum atomic E-state index is -4.01. The van der Waals surface area contributed by atoms with Gasteiger partial charge in [0.25, 0.3) is 15.9 Å². The number of sulfonamides is 1. The molecule has 160 valence electrons. The van der Waals surface area contributed by atoms with Gasteiger partial charge in [-0.25, -0.2) is 13.4 Å². The Bertz CT molecular complexity index is 1140. The molecule has 0 radical (unpaired) electrons. The fourth-order valence-electron chi connectivity index (χ4n) is 2.97. The van der Waals surface area contributed by atoms with Crippen LogP contribution >= 0.6 is 11.6 Å². The molecule has 30 heavy (non-hydrogen) atoms. The number of hydroxylamine groups is 1. The normalized spacial score (nSPS) is 13.2. The first-order valence-corrected chi connectivity index (χ1v) is 11.0. The van der Waals surface area contributed by atoms with Crippen LogP contribution in [0.1, 0.15) is 36.1 Å². The molecule has 1 aromatic heterocycles. The number of fused-ring (bicyclic) bond motifs is 1. The van der Waals surface area contributed by atoms with Crippen LogP contribution in [0.3, 0.4) is 0 Å². The fourth-order valence-corrected chi connectivity index (χ4v) is 4.45. The lowest BCUT2D eigenvalue weighted by atomic mass is 10.0.